The molecular weight excluding hydrogens is 264 g/mol. The summed E-state index contributed by atoms with van der Waals surface area (Å²) in [5.41, 5.74) is 1.83. The number of hydrogen-bond acceptors (Lipinski definition) is 5. The lowest BCUT2D eigenvalue weighted by molar-refractivity contribution is -0.385. The lowest BCUT2D eigenvalue weighted by Crippen LogP contribution is -2.05. The maximum absolute atomic E-state index is 11.0. The van der Waals surface area contributed by atoms with Gasteiger partial charge in [-0.2, -0.15) is 0 Å². The molecule has 104 valence electrons. The zero-order valence-corrected chi connectivity index (χ0v) is 11.1. The van der Waals surface area contributed by atoms with Gasteiger partial charge in [0.15, 0.2) is 5.69 Å². The van der Waals surface area contributed by atoms with Crippen molar-refractivity contribution in [1.82, 2.24) is 15.0 Å². The van der Waals surface area contributed by atoms with Crippen molar-refractivity contribution < 1.29 is 14.8 Å². The highest BCUT2D eigenvalue weighted by molar-refractivity contribution is 5.86. The van der Waals surface area contributed by atoms with Crippen molar-refractivity contribution in [3.05, 3.63) is 44.8 Å². The van der Waals surface area contributed by atoms with Gasteiger partial charge in [-0.3, -0.25) is 10.1 Å². The Kier molecular flexibility index (Phi) is 3.23. The second-order valence-corrected chi connectivity index (χ2v) is 4.42. The monoisotopic (exact) mass is 276 g/mol. The van der Waals surface area contributed by atoms with Gasteiger partial charge in [0.1, 0.15) is 0 Å². The topological polar surface area (TPSA) is 111 Å². The molecule has 0 saturated carbocycles. The molecule has 0 radical (unpaired) electrons. The summed E-state index contributed by atoms with van der Waals surface area (Å²) in [5.74, 6) is -1.19. The molecule has 8 nitrogen and oxygen atoms in total. The standard InChI is InChI=1S/C12H12N4O4/c1-6-4-7(2)10(16(19)20)5-9(6)15-8(3)11(12(17)18)13-14-15/h4-5H,1-3H3,(H,17,18). The lowest BCUT2D eigenvalue weighted by Gasteiger charge is -2.08. The van der Waals surface area contributed by atoms with E-state index in [0.717, 1.165) is 5.56 Å². The first kappa shape index (κ1) is 13.7. The van der Waals surface area contributed by atoms with E-state index in [1.165, 1.54) is 10.7 Å². The molecule has 0 aliphatic carbocycles. The second kappa shape index (κ2) is 4.72. The third kappa shape index (κ3) is 2.11. The van der Waals surface area contributed by atoms with Crippen LogP contribution in [0.25, 0.3) is 5.69 Å². The maximum Gasteiger partial charge on any atom is 0.358 e. The molecule has 0 atom stereocenters. The fraction of sp³-hybridized carbons (Fsp3) is 0.250. The van der Waals surface area contributed by atoms with E-state index < -0.39 is 10.9 Å². The number of nitrogens with zero attached hydrogens (tertiary/aromatic N) is 4. The summed E-state index contributed by atoms with van der Waals surface area (Å²) in [6.07, 6.45) is 0. The molecule has 0 fully saturated rings. The van der Waals surface area contributed by atoms with Crippen molar-refractivity contribution in [2.45, 2.75) is 20.8 Å². The number of aromatic nitrogens is 3. The van der Waals surface area contributed by atoms with Crippen molar-refractivity contribution >= 4 is 11.7 Å². The normalized spacial score (nSPS) is 10.6. The van der Waals surface area contributed by atoms with Crippen LogP contribution in [0.15, 0.2) is 12.1 Å². The van der Waals surface area contributed by atoms with Crippen molar-refractivity contribution in [2.24, 2.45) is 0 Å². The Morgan fingerprint density at radius 1 is 1.30 bits per heavy atom. The molecular formula is C12H12N4O4. The molecule has 1 heterocycles. The minimum atomic E-state index is -1.19. The largest absolute Gasteiger partial charge is 0.476 e. The van der Waals surface area contributed by atoms with Crippen LogP contribution in [0.1, 0.15) is 27.3 Å². The van der Waals surface area contributed by atoms with Crippen molar-refractivity contribution in [3.8, 4) is 5.69 Å². The van der Waals surface area contributed by atoms with Gasteiger partial charge in [0.05, 0.1) is 16.3 Å². The number of benzene rings is 1. The molecule has 1 N–H and O–H groups in total. The first-order chi connectivity index (χ1) is 9.32. The van der Waals surface area contributed by atoms with Crippen LogP contribution in [0, 0.1) is 30.9 Å². The SMILES string of the molecule is Cc1cc(C)c([N+](=O)[O-])cc1-n1nnc(C(=O)O)c1C. The van der Waals surface area contributed by atoms with E-state index >= 15 is 0 Å². The number of aryl methyl sites for hydroxylation is 2. The fourth-order valence-electron chi connectivity index (χ4n) is 2.01. The molecule has 0 spiro atoms. The number of carboxylic acid groups (broad SMARTS) is 1. The molecule has 0 saturated heterocycles. The summed E-state index contributed by atoms with van der Waals surface area (Å²) in [5, 5.41) is 27.3. The molecule has 0 unspecified atom stereocenters. The van der Waals surface area contributed by atoms with E-state index in [-0.39, 0.29) is 11.4 Å². The summed E-state index contributed by atoms with van der Waals surface area (Å²) in [6, 6.07) is 3.03. The van der Waals surface area contributed by atoms with Crippen LogP contribution < -0.4 is 0 Å². The van der Waals surface area contributed by atoms with Crippen LogP contribution in [-0.4, -0.2) is 31.0 Å². The number of hydrogen-bond donors (Lipinski definition) is 1. The first-order valence-corrected chi connectivity index (χ1v) is 5.74. The molecule has 1 aromatic carbocycles. The minimum absolute atomic E-state index is 0.0441. The van der Waals surface area contributed by atoms with Crippen LogP contribution in [0.3, 0.4) is 0 Å². The lowest BCUT2D eigenvalue weighted by atomic mass is 10.1. The smallest absolute Gasteiger partial charge is 0.358 e. The number of carboxylic acids is 1. The molecule has 1 aromatic heterocycles. The van der Waals surface area contributed by atoms with Crippen molar-refractivity contribution in [3.63, 3.8) is 0 Å². The van der Waals surface area contributed by atoms with Gasteiger partial charge in [0.25, 0.3) is 5.69 Å². The van der Waals surface area contributed by atoms with Crippen molar-refractivity contribution in [2.75, 3.05) is 0 Å². The highest BCUT2D eigenvalue weighted by Crippen LogP contribution is 2.26. The van der Waals surface area contributed by atoms with E-state index in [1.54, 1.807) is 26.8 Å². The fourth-order valence-corrected chi connectivity index (χ4v) is 2.01. The zero-order chi connectivity index (χ0) is 15.0. The third-order valence-electron chi connectivity index (χ3n) is 3.04. The van der Waals surface area contributed by atoms with Gasteiger partial charge in [-0.05, 0) is 32.4 Å². The summed E-state index contributed by atoms with van der Waals surface area (Å²) in [4.78, 5) is 21.5. The highest BCUT2D eigenvalue weighted by Gasteiger charge is 2.20. The summed E-state index contributed by atoms with van der Waals surface area (Å²) in [7, 11) is 0. The molecule has 8 heteroatoms. The highest BCUT2D eigenvalue weighted by atomic mass is 16.6. The van der Waals surface area contributed by atoms with Gasteiger partial charge in [0, 0.05) is 11.6 Å². The number of nitro benzene ring substituents is 1. The molecule has 0 amide bonds. The van der Waals surface area contributed by atoms with Crippen LogP contribution >= 0.6 is 0 Å². The Hall–Kier alpha value is -2.77. The van der Waals surface area contributed by atoms with Gasteiger partial charge < -0.3 is 5.11 Å². The van der Waals surface area contributed by atoms with Gasteiger partial charge >= 0.3 is 5.97 Å². The molecule has 0 bridgehead atoms. The predicted octanol–water partition coefficient (Wildman–Crippen LogP) is 1.80. The molecule has 2 rings (SSSR count). The van der Waals surface area contributed by atoms with E-state index in [1.807, 2.05) is 0 Å². The summed E-state index contributed by atoms with van der Waals surface area (Å²) < 4.78 is 1.30. The van der Waals surface area contributed by atoms with E-state index in [9.17, 15) is 14.9 Å². The quantitative estimate of drug-likeness (QED) is 0.675. The Morgan fingerprint density at radius 3 is 2.45 bits per heavy atom. The number of carbonyl (C=O) groups is 1. The average Bonchev–Trinajstić information content (AvgIpc) is 2.71. The molecule has 0 aliphatic heterocycles. The van der Waals surface area contributed by atoms with E-state index in [0.29, 0.717) is 16.9 Å². The van der Waals surface area contributed by atoms with Crippen LogP contribution in [0.5, 0.6) is 0 Å². The number of nitro groups is 1. The van der Waals surface area contributed by atoms with Gasteiger partial charge in [-0.25, -0.2) is 9.48 Å². The Bertz CT molecular complexity index is 720. The van der Waals surface area contributed by atoms with Crippen LogP contribution in [0.4, 0.5) is 5.69 Å². The average molecular weight is 276 g/mol. The van der Waals surface area contributed by atoms with Crippen molar-refractivity contribution in [1.29, 1.82) is 0 Å². The molecule has 0 aliphatic rings. The predicted molar refractivity (Wildman–Crippen MR) is 69.2 cm³/mol. The Balaban J connectivity index is 2.67. The second-order valence-electron chi connectivity index (χ2n) is 4.42. The minimum Gasteiger partial charge on any atom is -0.476 e. The van der Waals surface area contributed by atoms with Gasteiger partial charge in [-0.15, -0.1) is 5.10 Å². The van der Waals surface area contributed by atoms with E-state index in [2.05, 4.69) is 10.3 Å². The molecule has 20 heavy (non-hydrogen) atoms. The number of rotatable bonds is 3. The van der Waals surface area contributed by atoms with Gasteiger partial charge in [-0.1, -0.05) is 5.21 Å². The first-order valence-electron chi connectivity index (χ1n) is 5.74. The maximum atomic E-state index is 11.0. The van der Waals surface area contributed by atoms with E-state index in [4.69, 9.17) is 5.11 Å². The summed E-state index contributed by atoms with van der Waals surface area (Å²) >= 11 is 0. The Labute approximate surface area is 113 Å². The third-order valence-corrected chi connectivity index (χ3v) is 3.04. The summed E-state index contributed by atoms with van der Waals surface area (Å²) in [6.45, 7) is 4.97. The Morgan fingerprint density at radius 2 is 1.95 bits per heavy atom. The number of aromatic carboxylic acids is 1. The van der Waals surface area contributed by atoms with Crippen LogP contribution in [-0.2, 0) is 0 Å². The molecule has 2 aromatic rings. The van der Waals surface area contributed by atoms with Gasteiger partial charge in [0.2, 0.25) is 0 Å². The zero-order valence-electron chi connectivity index (χ0n) is 11.1. The van der Waals surface area contributed by atoms with Crippen LogP contribution in [0.2, 0.25) is 0 Å².